The molecule has 0 saturated carbocycles. The molecule has 0 saturated heterocycles. The lowest BCUT2D eigenvalue weighted by Crippen LogP contribution is -2.15. The first-order valence-electron chi connectivity index (χ1n) is 5.77. The fraction of sp³-hybridized carbons (Fsp3) is 0.364. The number of ether oxygens (including phenoxy) is 2. The highest BCUT2D eigenvalue weighted by atomic mass is 32.2. The van der Waals surface area contributed by atoms with Crippen LogP contribution in [0.4, 0.5) is 5.69 Å². The summed E-state index contributed by atoms with van der Waals surface area (Å²) in [5.41, 5.74) is 7.69. The van der Waals surface area contributed by atoms with Crippen LogP contribution in [0.1, 0.15) is 5.56 Å². The minimum absolute atomic E-state index is 0.561. The van der Waals surface area contributed by atoms with Crippen LogP contribution in [0.15, 0.2) is 17.3 Å². The number of hydrogen-bond donors (Lipinski definition) is 1. The number of nitrogen functional groups attached to an aromatic ring is 1. The Labute approximate surface area is 114 Å². The summed E-state index contributed by atoms with van der Waals surface area (Å²) >= 11 is 1.52. The first-order chi connectivity index (χ1) is 9.24. The molecule has 0 fully saturated rings. The molecule has 2 heterocycles. The van der Waals surface area contributed by atoms with E-state index in [0.717, 1.165) is 16.5 Å². The van der Waals surface area contributed by atoms with E-state index < -0.39 is 0 Å². The Bertz CT molecular complexity index is 601. The topological polar surface area (TPSA) is 88.1 Å². The minimum Gasteiger partial charge on any atom is -0.486 e. The standard InChI is InChI=1S/C11H13N5O2S/c1-16-11(13-14-15-16)19-6-7-4-9-10(5-8(7)12)18-3-2-17-9/h4-5H,2-3,6,12H2,1H3. The minimum atomic E-state index is 0.561. The number of aromatic nitrogens is 4. The summed E-state index contributed by atoms with van der Waals surface area (Å²) in [5.74, 6) is 2.13. The second-order valence-corrected chi connectivity index (χ2v) is 5.01. The Morgan fingerprint density at radius 1 is 1.32 bits per heavy atom. The van der Waals surface area contributed by atoms with Gasteiger partial charge in [0, 0.05) is 24.6 Å². The maximum absolute atomic E-state index is 6.01. The molecule has 0 atom stereocenters. The van der Waals surface area contributed by atoms with Crippen LogP contribution in [0.2, 0.25) is 0 Å². The Hall–Kier alpha value is -1.96. The van der Waals surface area contributed by atoms with Crippen molar-refractivity contribution >= 4 is 17.4 Å². The summed E-state index contributed by atoms with van der Waals surface area (Å²) in [4.78, 5) is 0. The van der Waals surface area contributed by atoms with Gasteiger partial charge >= 0.3 is 0 Å². The van der Waals surface area contributed by atoms with Gasteiger partial charge in [-0.25, -0.2) is 4.68 Å². The number of rotatable bonds is 3. The molecule has 3 rings (SSSR count). The fourth-order valence-electron chi connectivity index (χ4n) is 1.76. The summed E-state index contributed by atoms with van der Waals surface area (Å²) < 4.78 is 12.6. The van der Waals surface area contributed by atoms with Crippen LogP contribution in [-0.4, -0.2) is 33.4 Å². The van der Waals surface area contributed by atoms with Crippen LogP contribution in [-0.2, 0) is 12.8 Å². The van der Waals surface area contributed by atoms with Gasteiger partial charge in [0.1, 0.15) is 13.2 Å². The van der Waals surface area contributed by atoms with Crippen molar-refractivity contribution < 1.29 is 9.47 Å². The predicted octanol–water partition coefficient (Wildman–Crippen LogP) is 0.856. The second kappa shape index (κ2) is 4.96. The average molecular weight is 279 g/mol. The molecule has 0 amide bonds. The number of hydrogen-bond acceptors (Lipinski definition) is 7. The maximum Gasteiger partial charge on any atom is 0.209 e. The molecule has 1 aromatic carbocycles. The van der Waals surface area contributed by atoms with Crippen LogP contribution in [0.3, 0.4) is 0 Å². The van der Waals surface area contributed by atoms with E-state index in [1.165, 1.54) is 11.8 Å². The van der Waals surface area contributed by atoms with Crippen molar-refractivity contribution in [3.05, 3.63) is 17.7 Å². The molecule has 0 aliphatic carbocycles. The van der Waals surface area contributed by atoms with Crippen molar-refractivity contribution in [1.82, 2.24) is 20.2 Å². The van der Waals surface area contributed by atoms with Crippen LogP contribution >= 0.6 is 11.8 Å². The van der Waals surface area contributed by atoms with E-state index in [9.17, 15) is 0 Å². The summed E-state index contributed by atoms with van der Waals surface area (Å²) in [6.07, 6.45) is 0. The summed E-state index contributed by atoms with van der Waals surface area (Å²) in [5, 5.41) is 12.0. The second-order valence-electron chi connectivity index (χ2n) is 4.07. The van der Waals surface area contributed by atoms with Crippen molar-refractivity contribution in [2.24, 2.45) is 7.05 Å². The van der Waals surface area contributed by atoms with Crippen molar-refractivity contribution in [1.29, 1.82) is 0 Å². The highest BCUT2D eigenvalue weighted by Crippen LogP contribution is 2.36. The van der Waals surface area contributed by atoms with Gasteiger partial charge in [0.25, 0.3) is 0 Å². The zero-order chi connectivity index (χ0) is 13.2. The smallest absolute Gasteiger partial charge is 0.209 e. The molecule has 7 nitrogen and oxygen atoms in total. The lowest BCUT2D eigenvalue weighted by molar-refractivity contribution is 0.171. The lowest BCUT2D eigenvalue weighted by Gasteiger charge is -2.20. The van der Waals surface area contributed by atoms with Gasteiger partial charge in [0.15, 0.2) is 11.5 Å². The molecular formula is C11H13N5O2S. The number of nitrogens with two attached hydrogens (primary N) is 1. The van der Waals surface area contributed by atoms with E-state index in [-0.39, 0.29) is 0 Å². The SMILES string of the molecule is Cn1nnnc1SCc1cc2c(cc1N)OCCO2. The zero-order valence-corrected chi connectivity index (χ0v) is 11.2. The van der Waals surface area contributed by atoms with Crippen LogP contribution in [0, 0.1) is 0 Å². The zero-order valence-electron chi connectivity index (χ0n) is 10.4. The molecule has 1 aliphatic heterocycles. The largest absolute Gasteiger partial charge is 0.486 e. The van der Waals surface area contributed by atoms with Crippen molar-refractivity contribution in [2.45, 2.75) is 10.9 Å². The molecule has 8 heteroatoms. The van der Waals surface area contributed by atoms with Gasteiger partial charge in [-0.15, -0.1) is 5.10 Å². The van der Waals surface area contributed by atoms with Gasteiger partial charge < -0.3 is 15.2 Å². The quantitative estimate of drug-likeness (QED) is 0.658. The summed E-state index contributed by atoms with van der Waals surface area (Å²) in [6.45, 7) is 1.13. The monoisotopic (exact) mass is 279 g/mol. The summed E-state index contributed by atoms with van der Waals surface area (Å²) in [6, 6.07) is 3.72. The van der Waals surface area contributed by atoms with Gasteiger partial charge in [0.2, 0.25) is 5.16 Å². The molecule has 0 radical (unpaired) electrons. The highest BCUT2D eigenvalue weighted by molar-refractivity contribution is 7.98. The van der Waals surface area contributed by atoms with Gasteiger partial charge in [-0.2, -0.15) is 0 Å². The third-order valence-corrected chi connectivity index (χ3v) is 3.80. The Kier molecular flexibility index (Phi) is 3.16. The maximum atomic E-state index is 6.01. The van der Waals surface area contributed by atoms with Crippen LogP contribution in [0.5, 0.6) is 11.5 Å². The van der Waals surface area contributed by atoms with Crippen LogP contribution in [0.25, 0.3) is 0 Å². The Balaban J connectivity index is 1.79. The number of fused-ring (bicyclic) bond motifs is 1. The van der Waals surface area contributed by atoms with Gasteiger partial charge in [-0.3, -0.25) is 0 Å². The predicted molar refractivity (Wildman–Crippen MR) is 70.2 cm³/mol. The first kappa shape index (κ1) is 12.1. The molecule has 1 aliphatic rings. The highest BCUT2D eigenvalue weighted by Gasteiger charge is 2.15. The van der Waals surface area contributed by atoms with E-state index >= 15 is 0 Å². The molecule has 0 bridgehead atoms. The summed E-state index contributed by atoms with van der Waals surface area (Å²) in [7, 11) is 1.80. The van der Waals surface area contributed by atoms with Crippen molar-refractivity contribution in [3.63, 3.8) is 0 Å². The molecular weight excluding hydrogens is 266 g/mol. The Morgan fingerprint density at radius 2 is 2.05 bits per heavy atom. The van der Waals surface area contributed by atoms with E-state index in [4.69, 9.17) is 15.2 Å². The van der Waals surface area contributed by atoms with E-state index in [0.29, 0.717) is 30.4 Å². The van der Waals surface area contributed by atoms with E-state index in [1.54, 1.807) is 17.8 Å². The lowest BCUT2D eigenvalue weighted by atomic mass is 10.2. The first-order valence-corrected chi connectivity index (χ1v) is 6.76. The van der Waals surface area contributed by atoms with Gasteiger partial charge in [0.05, 0.1) is 0 Å². The fourth-order valence-corrected chi connectivity index (χ4v) is 2.61. The number of benzene rings is 1. The van der Waals surface area contributed by atoms with Crippen LogP contribution < -0.4 is 15.2 Å². The number of nitrogens with zero attached hydrogens (tertiary/aromatic N) is 4. The molecule has 19 heavy (non-hydrogen) atoms. The third-order valence-electron chi connectivity index (χ3n) is 2.74. The third kappa shape index (κ3) is 2.43. The molecule has 0 spiro atoms. The molecule has 2 aromatic rings. The van der Waals surface area contributed by atoms with Gasteiger partial charge in [-0.1, -0.05) is 11.8 Å². The number of tetrazole rings is 1. The molecule has 2 N–H and O–H groups in total. The number of aryl methyl sites for hydroxylation is 1. The van der Waals surface area contributed by atoms with E-state index in [1.807, 2.05) is 6.07 Å². The van der Waals surface area contributed by atoms with Crippen molar-refractivity contribution in [3.8, 4) is 11.5 Å². The number of anilines is 1. The molecule has 100 valence electrons. The molecule has 0 unspecified atom stereocenters. The average Bonchev–Trinajstić information content (AvgIpc) is 2.82. The molecule has 1 aromatic heterocycles. The number of thioether (sulfide) groups is 1. The van der Waals surface area contributed by atoms with E-state index in [2.05, 4.69) is 15.5 Å². The normalized spacial score (nSPS) is 13.5. The Morgan fingerprint density at radius 3 is 2.74 bits per heavy atom. The van der Waals surface area contributed by atoms with Crippen molar-refractivity contribution in [2.75, 3.05) is 18.9 Å². The van der Waals surface area contributed by atoms with Gasteiger partial charge in [-0.05, 0) is 22.1 Å².